The number of nitrogens with zero attached hydrogens (tertiary/aromatic N) is 2. The number of nitrogens with one attached hydrogen (secondary N) is 2. The summed E-state index contributed by atoms with van der Waals surface area (Å²) in [6, 6.07) is 12.7. The van der Waals surface area contributed by atoms with Gasteiger partial charge in [0.2, 0.25) is 5.91 Å². The molecule has 1 heterocycles. The summed E-state index contributed by atoms with van der Waals surface area (Å²) in [6.07, 6.45) is 0.248. The first-order valence-electron chi connectivity index (χ1n) is 9.05. The van der Waals surface area contributed by atoms with E-state index in [9.17, 15) is 9.59 Å². The van der Waals surface area contributed by atoms with Gasteiger partial charge in [0.1, 0.15) is 17.2 Å². The number of aromatic amines is 1. The van der Waals surface area contributed by atoms with Crippen LogP contribution in [-0.4, -0.2) is 35.3 Å². The molecule has 0 saturated carbocycles. The summed E-state index contributed by atoms with van der Waals surface area (Å²) in [6.45, 7) is 1.98. The van der Waals surface area contributed by atoms with E-state index in [1.54, 1.807) is 25.3 Å². The van der Waals surface area contributed by atoms with Crippen molar-refractivity contribution in [3.63, 3.8) is 0 Å². The van der Waals surface area contributed by atoms with Gasteiger partial charge in [-0.15, -0.1) is 10.2 Å². The van der Waals surface area contributed by atoms with Gasteiger partial charge in [-0.1, -0.05) is 29.8 Å². The lowest BCUT2D eigenvalue weighted by Gasteiger charge is -2.11. The minimum Gasteiger partial charge on any atom is -0.497 e. The normalized spacial score (nSPS) is 10.4. The number of aryl methyl sites for hydroxylation is 2. The van der Waals surface area contributed by atoms with E-state index in [0.29, 0.717) is 23.0 Å². The molecule has 8 heteroatoms. The summed E-state index contributed by atoms with van der Waals surface area (Å²) in [4.78, 5) is 27.3. The molecule has 0 saturated heterocycles. The molecule has 0 atom stereocenters. The van der Waals surface area contributed by atoms with Crippen LogP contribution in [0.1, 0.15) is 17.7 Å². The van der Waals surface area contributed by atoms with Gasteiger partial charge in [-0.05, 0) is 19.1 Å². The van der Waals surface area contributed by atoms with E-state index in [1.807, 2.05) is 31.2 Å². The van der Waals surface area contributed by atoms with Crippen molar-refractivity contribution in [2.45, 2.75) is 19.8 Å². The fourth-order valence-electron chi connectivity index (χ4n) is 2.71. The molecule has 1 aromatic heterocycles. The van der Waals surface area contributed by atoms with Crippen molar-refractivity contribution in [2.24, 2.45) is 0 Å². The molecule has 0 fully saturated rings. The molecule has 2 N–H and O–H groups in total. The van der Waals surface area contributed by atoms with Crippen LogP contribution < -0.4 is 20.3 Å². The van der Waals surface area contributed by atoms with Gasteiger partial charge in [0, 0.05) is 24.5 Å². The number of H-pyrrole nitrogens is 1. The smallest absolute Gasteiger partial charge is 0.273 e. The Labute approximate surface area is 167 Å². The molecule has 2 aromatic carbocycles. The lowest BCUT2D eigenvalue weighted by atomic mass is 10.1. The van der Waals surface area contributed by atoms with Crippen molar-refractivity contribution >= 4 is 11.6 Å². The summed E-state index contributed by atoms with van der Waals surface area (Å²) in [5, 5.41) is 10.8. The van der Waals surface area contributed by atoms with E-state index in [4.69, 9.17) is 9.47 Å². The van der Waals surface area contributed by atoms with Crippen molar-refractivity contribution in [2.75, 3.05) is 19.5 Å². The molecule has 1 amide bonds. The SMILES string of the molecule is COc1ccc(NC(=O)CCc2nnc(-c3ccc(C)cc3)[nH]c2=O)c(OC)c1. The summed E-state index contributed by atoms with van der Waals surface area (Å²) in [5.41, 5.74) is 2.26. The zero-order chi connectivity index (χ0) is 20.8. The topological polar surface area (TPSA) is 106 Å². The Bertz CT molecular complexity index is 1060. The van der Waals surface area contributed by atoms with Crippen molar-refractivity contribution in [3.8, 4) is 22.9 Å². The first-order chi connectivity index (χ1) is 14.0. The number of carbonyl (C=O) groups excluding carboxylic acids is 1. The first-order valence-corrected chi connectivity index (χ1v) is 9.05. The Morgan fingerprint density at radius 1 is 1.07 bits per heavy atom. The molecule has 3 rings (SSSR count). The standard InChI is InChI=1S/C21H22N4O4/c1-13-4-6-14(7-5-13)20-23-21(27)17(24-25-20)10-11-19(26)22-16-9-8-15(28-2)12-18(16)29-3/h4-9,12H,10-11H2,1-3H3,(H,22,26)(H,23,25,27). The number of aromatic nitrogens is 3. The van der Waals surface area contributed by atoms with Crippen LogP contribution in [0.3, 0.4) is 0 Å². The number of hydrogen-bond donors (Lipinski definition) is 2. The van der Waals surface area contributed by atoms with Gasteiger partial charge < -0.3 is 19.8 Å². The Balaban J connectivity index is 1.64. The third-order valence-corrected chi connectivity index (χ3v) is 4.36. The molecule has 0 radical (unpaired) electrons. The average molecular weight is 394 g/mol. The van der Waals surface area contributed by atoms with Gasteiger partial charge in [-0.3, -0.25) is 9.59 Å². The molecule has 8 nitrogen and oxygen atoms in total. The monoisotopic (exact) mass is 394 g/mol. The lowest BCUT2D eigenvalue weighted by Crippen LogP contribution is -2.20. The number of amides is 1. The second-order valence-electron chi connectivity index (χ2n) is 6.43. The molecule has 0 aliphatic carbocycles. The summed E-state index contributed by atoms with van der Waals surface area (Å²) in [5.74, 6) is 1.23. The molecular formula is C21H22N4O4. The Morgan fingerprint density at radius 3 is 2.48 bits per heavy atom. The van der Waals surface area contributed by atoms with Crippen molar-refractivity contribution in [1.82, 2.24) is 15.2 Å². The van der Waals surface area contributed by atoms with Crippen LogP contribution in [0.5, 0.6) is 11.5 Å². The molecule has 0 aliphatic heterocycles. The molecule has 0 bridgehead atoms. The minimum absolute atomic E-state index is 0.0802. The number of ether oxygens (including phenoxy) is 2. The highest BCUT2D eigenvalue weighted by atomic mass is 16.5. The average Bonchev–Trinajstić information content (AvgIpc) is 2.73. The third-order valence-electron chi connectivity index (χ3n) is 4.36. The van der Waals surface area contributed by atoms with E-state index in [2.05, 4.69) is 20.5 Å². The van der Waals surface area contributed by atoms with Crippen molar-refractivity contribution in [3.05, 3.63) is 64.1 Å². The Hall–Kier alpha value is -3.68. The number of anilines is 1. The first kappa shape index (κ1) is 20.1. The highest BCUT2D eigenvalue weighted by molar-refractivity contribution is 5.92. The van der Waals surface area contributed by atoms with Gasteiger partial charge in [-0.2, -0.15) is 0 Å². The molecule has 0 aliphatic rings. The third kappa shape index (κ3) is 4.98. The van der Waals surface area contributed by atoms with Gasteiger partial charge in [0.15, 0.2) is 5.82 Å². The van der Waals surface area contributed by atoms with Gasteiger partial charge in [-0.25, -0.2) is 0 Å². The van der Waals surface area contributed by atoms with Crippen LogP contribution in [0.25, 0.3) is 11.4 Å². The van der Waals surface area contributed by atoms with Crippen LogP contribution in [0.2, 0.25) is 0 Å². The van der Waals surface area contributed by atoms with Crippen LogP contribution in [0, 0.1) is 6.92 Å². The van der Waals surface area contributed by atoms with Gasteiger partial charge in [0.05, 0.1) is 19.9 Å². The highest BCUT2D eigenvalue weighted by Crippen LogP contribution is 2.29. The quantitative estimate of drug-likeness (QED) is 0.638. The lowest BCUT2D eigenvalue weighted by molar-refractivity contribution is -0.116. The summed E-state index contributed by atoms with van der Waals surface area (Å²) < 4.78 is 10.4. The van der Waals surface area contributed by atoms with Gasteiger partial charge >= 0.3 is 0 Å². The largest absolute Gasteiger partial charge is 0.497 e. The molecular weight excluding hydrogens is 372 g/mol. The van der Waals surface area contributed by atoms with E-state index in [0.717, 1.165) is 11.1 Å². The predicted octanol–water partition coefficient (Wildman–Crippen LogP) is 2.73. The Morgan fingerprint density at radius 2 is 1.83 bits per heavy atom. The van der Waals surface area contributed by atoms with E-state index in [-0.39, 0.29) is 30.0 Å². The molecule has 150 valence electrons. The number of carbonyl (C=O) groups is 1. The highest BCUT2D eigenvalue weighted by Gasteiger charge is 2.12. The molecule has 0 unspecified atom stereocenters. The Kier molecular flexibility index (Phi) is 6.23. The second-order valence-corrected chi connectivity index (χ2v) is 6.43. The fraction of sp³-hybridized carbons (Fsp3) is 0.238. The number of methoxy groups -OCH3 is 2. The predicted molar refractivity (Wildman–Crippen MR) is 109 cm³/mol. The van der Waals surface area contributed by atoms with E-state index < -0.39 is 0 Å². The van der Waals surface area contributed by atoms with Gasteiger partial charge in [0.25, 0.3) is 5.56 Å². The van der Waals surface area contributed by atoms with Crippen LogP contribution in [0.4, 0.5) is 5.69 Å². The van der Waals surface area contributed by atoms with Crippen LogP contribution >= 0.6 is 0 Å². The van der Waals surface area contributed by atoms with Crippen LogP contribution in [0.15, 0.2) is 47.3 Å². The summed E-state index contributed by atoms with van der Waals surface area (Å²) >= 11 is 0. The number of hydrogen-bond acceptors (Lipinski definition) is 6. The zero-order valence-electron chi connectivity index (χ0n) is 16.5. The van der Waals surface area contributed by atoms with Crippen LogP contribution in [-0.2, 0) is 11.2 Å². The maximum Gasteiger partial charge on any atom is 0.273 e. The number of benzene rings is 2. The molecule has 3 aromatic rings. The maximum atomic E-state index is 12.3. The fourth-order valence-corrected chi connectivity index (χ4v) is 2.71. The minimum atomic E-state index is -0.356. The van der Waals surface area contributed by atoms with E-state index >= 15 is 0 Å². The maximum absolute atomic E-state index is 12.3. The zero-order valence-corrected chi connectivity index (χ0v) is 16.5. The second kappa shape index (κ2) is 9.01. The van der Waals surface area contributed by atoms with Crippen molar-refractivity contribution in [1.29, 1.82) is 0 Å². The molecule has 0 spiro atoms. The summed E-state index contributed by atoms with van der Waals surface area (Å²) in [7, 11) is 3.06. The van der Waals surface area contributed by atoms with Crippen molar-refractivity contribution < 1.29 is 14.3 Å². The molecule has 29 heavy (non-hydrogen) atoms. The number of rotatable bonds is 7. The van der Waals surface area contributed by atoms with E-state index in [1.165, 1.54) is 7.11 Å².